The topological polar surface area (TPSA) is 51.2 Å². The van der Waals surface area contributed by atoms with Gasteiger partial charge in [-0.3, -0.25) is 4.79 Å². The zero-order valence-electron chi connectivity index (χ0n) is 11.4. The number of methoxy groups -OCH3 is 1. The van der Waals surface area contributed by atoms with Crippen LogP contribution in [0.25, 0.3) is 0 Å². The SMILES string of the molecule is COc1ncccc1CNC(=O)Cc1ccc(F)c(Br)c1. The molecule has 2 aromatic rings. The van der Waals surface area contributed by atoms with Crippen LogP contribution in [0, 0.1) is 5.82 Å². The van der Waals surface area contributed by atoms with Gasteiger partial charge in [-0.1, -0.05) is 12.1 Å². The van der Waals surface area contributed by atoms with Crippen molar-refractivity contribution in [3.8, 4) is 5.88 Å². The molecule has 0 aliphatic rings. The first-order valence-electron chi connectivity index (χ1n) is 6.28. The molecule has 21 heavy (non-hydrogen) atoms. The second-order valence-electron chi connectivity index (χ2n) is 4.37. The van der Waals surface area contributed by atoms with Gasteiger partial charge in [0.2, 0.25) is 11.8 Å². The van der Waals surface area contributed by atoms with Gasteiger partial charge in [0.15, 0.2) is 0 Å². The zero-order valence-corrected chi connectivity index (χ0v) is 13.0. The van der Waals surface area contributed by atoms with Crippen molar-refractivity contribution in [3.63, 3.8) is 0 Å². The van der Waals surface area contributed by atoms with E-state index in [1.807, 2.05) is 6.07 Å². The average Bonchev–Trinajstić information content (AvgIpc) is 2.49. The Morgan fingerprint density at radius 1 is 1.43 bits per heavy atom. The Labute approximate surface area is 130 Å². The Morgan fingerprint density at radius 3 is 2.95 bits per heavy atom. The zero-order chi connectivity index (χ0) is 15.2. The van der Waals surface area contributed by atoms with Gasteiger partial charge in [0.1, 0.15) is 5.82 Å². The maximum Gasteiger partial charge on any atom is 0.224 e. The minimum absolute atomic E-state index is 0.153. The number of hydrogen-bond acceptors (Lipinski definition) is 3. The third kappa shape index (κ3) is 4.26. The Hall–Kier alpha value is -1.95. The van der Waals surface area contributed by atoms with E-state index in [2.05, 4.69) is 26.2 Å². The lowest BCUT2D eigenvalue weighted by Gasteiger charge is -2.09. The van der Waals surface area contributed by atoms with Crippen molar-refractivity contribution in [1.82, 2.24) is 10.3 Å². The fraction of sp³-hybridized carbons (Fsp3) is 0.200. The molecule has 1 N–H and O–H groups in total. The summed E-state index contributed by atoms with van der Waals surface area (Å²) >= 11 is 3.10. The standard InChI is InChI=1S/C15H14BrFN2O2/c1-21-15-11(3-2-6-18-15)9-19-14(20)8-10-4-5-13(17)12(16)7-10/h2-7H,8-9H2,1H3,(H,19,20). The van der Waals surface area contributed by atoms with Gasteiger partial charge in [-0.25, -0.2) is 9.37 Å². The molecule has 0 saturated heterocycles. The second kappa shape index (κ2) is 7.17. The van der Waals surface area contributed by atoms with Crippen molar-refractivity contribution < 1.29 is 13.9 Å². The largest absolute Gasteiger partial charge is 0.481 e. The molecule has 1 heterocycles. The molecule has 2 rings (SSSR count). The first kappa shape index (κ1) is 15.4. The molecule has 1 aromatic carbocycles. The Bertz CT molecular complexity index is 649. The number of hydrogen-bond donors (Lipinski definition) is 1. The summed E-state index contributed by atoms with van der Waals surface area (Å²) in [5, 5.41) is 2.79. The van der Waals surface area contributed by atoms with Crippen molar-refractivity contribution in [1.29, 1.82) is 0 Å². The van der Waals surface area contributed by atoms with Gasteiger partial charge in [0.25, 0.3) is 0 Å². The third-order valence-electron chi connectivity index (χ3n) is 2.87. The summed E-state index contributed by atoms with van der Waals surface area (Å²) in [5.41, 5.74) is 1.53. The van der Waals surface area contributed by atoms with E-state index in [-0.39, 0.29) is 18.1 Å². The van der Waals surface area contributed by atoms with Crippen LogP contribution in [-0.2, 0) is 17.8 Å². The van der Waals surface area contributed by atoms with Crippen LogP contribution < -0.4 is 10.1 Å². The van der Waals surface area contributed by atoms with Gasteiger partial charge in [-0.15, -0.1) is 0 Å². The van der Waals surface area contributed by atoms with Crippen molar-refractivity contribution in [2.45, 2.75) is 13.0 Å². The van der Waals surface area contributed by atoms with Gasteiger partial charge < -0.3 is 10.1 Å². The number of rotatable bonds is 5. The first-order valence-corrected chi connectivity index (χ1v) is 7.08. The minimum Gasteiger partial charge on any atom is -0.481 e. The Morgan fingerprint density at radius 2 is 2.24 bits per heavy atom. The smallest absolute Gasteiger partial charge is 0.224 e. The number of amides is 1. The lowest BCUT2D eigenvalue weighted by atomic mass is 10.1. The van der Waals surface area contributed by atoms with Crippen LogP contribution in [0.15, 0.2) is 41.0 Å². The number of nitrogens with zero attached hydrogens (tertiary/aromatic N) is 1. The normalized spacial score (nSPS) is 10.2. The van der Waals surface area contributed by atoms with E-state index in [9.17, 15) is 9.18 Å². The number of nitrogens with one attached hydrogen (secondary N) is 1. The molecule has 0 atom stereocenters. The molecule has 1 amide bonds. The molecule has 0 spiro atoms. The van der Waals surface area contributed by atoms with E-state index in [1.165, 1.54) is 13.2 Å². The summed E-state index contributed by atoms with van der Waals surface area (Å²) in [6.45, 7) is 0.332. The van der Waals surface area contributed by atoms with E-state index in [0.29, 0.717) is 16.9 Å². The summed E-state index contributed by atoms with van der Waals surface area (Å²) in [6.07, 6.45) is 1.81. The highest BCUT2D eigenvalue weighted by Gasteiger charge is 2.08. The molecule has 110 valence electrons. The first-order chi connectivity index (χ1) is 10.1. The van der Waals surface area contributed by atoms with E-state index in [4.69, 9.17) is 4.74 Å². The van der Waals surface area contributed by atoms with Gasteiger partial charge in [0.05, 0.1) is 18.0 Å². The monoisotopic (exact) mass is 352 g/mol. The lowest BCUT2D eigenvalue weighted by Crippen LogP contribution is -2.24. The summed E-state index contributed by atoms with van der Waals surface area (Å²) in [5.74, 6) is -0.0130. The molecule has 0 aliphatic carbocycles. The fourth-order valence-corrected chi connectivity index (χ4v) is 2.26. The number of carbonyl (C=O) groups is 1. The van der Waals surface area contributed by atoms with Crippen LogP contribution in [0.1, 0.15) is 11.1 Å². The number of carbonyl (C=O) groups excluding carboxylic acids is 1. The number of ether oxygens (including phenoxy) is 1. The van der Waals surface area contributed by atoms with Crippen molar-refractivity contribution in [2.24, 2.45) is 0 Å². The van der Waals surface area contributed by atoms with Gasteiger partial charge >= 0.3 is 0 Å². The highest BCUT2D eigenvalue weighted by atomic mass is 79.9. The summed E-state index contributed by atoms with van der Waals surface area (Å²) in [6, 6.07) is 8.13. The van der Waals surface area contributed by atoms with Crippen LogP contribution in [0.4, 0.5) is 4.39 Å². The Kier molecular flexibility index (Phi) is 5.27. The quantitative estimate of drug-likeness (QED) is 0.899. The molecule has 1 aromatic heterocycles. The summed E-state index contributed by atoms with van der Waals surface area (Å²) in [7, 11) is 1.53. The van der Waals surface area contributed by atoms with Gasteiger partial charge in [-0.05, 0) is 39.7 Å². The van der Waals surface area contributed by atoms with E-state index in [1.54, 1.807) is 24.4 Å². The molecule has 0 bridgehead atoms. The molecule has 0 unspecified atom stereocenters. The van der Waals surface area contributed by atoms with Gasteiger partial charge in [0, 0.05) is 18.3 Å². The van der Waals surface area contributed by atoms with E-state index < -0.39 is 0 Å². The molecule has 4 nitrogen and oxygen atoms in total. The maximum absolute atomic E-state index is 13.1. The number of halogens is 2. The van der Waals surface area contributed by atoms with Crippen LogP contribution >= 0.6 is 15.9 Å². The highest BCUT2D eigenvalue weighted by molar-refractivity contribution is 9.10. The predicted octanol–water partition coefficient (Wildman–Crippen LogP) is 2.85. The maximum atomic E-state index is 13.1. The number of pyridine rings is 1. The van der Waals surface area contributed by atoms with E-state index >= 15 is 0 Å². The predicted molar refractivity (Wildman–Crippen MR) is 80.4 cm³/mol. The van der Waals surface area contributed by atoms with E-state index in [0.717, 1.165) is 11.1 Å². The van der Waals surface area contributed by atoms with Crippen LogP contribution in [0.2, 0.25) is 0 Å². The van der Waals surface area contributed by atoms with Crippen LogP contribution in [0.3, 0.4) is 0 Å². The van der Waals surface area contributed by atoms with Crippen LogP contribution in [0.5, 0.6) is 5.88 Å². The lowest BCUT2D eigenvalue weighted by molar-refractivity contribution is -0.120. The molecular formula is C15H14BrFN2O2. The fourth-order valence-electron chi connectivity index (χ4n) is 1.83. The highest BCUT2D eigenvalue weighted by Crippen LogP contribution is 2.17. The molecule has 6 heteroatoms. The molecule has 0 radical (unpaired) electrons. The van der Waals surface area contributed by atoms with Crippen molar-refractivity contribution in [3.05, 3.63) is 57.9 Å². The molecule has 0 saturated carbocycles. The van der Waals surface area contributed by atoms with Crippen LogP contribution in [-0.4, -0.2) is 18.0 Å². The minimum atomic E-state index is -0.348. The van der Waals surface area contributed by atoms with Crippen molar-refractivity contribution >= 4 is 21.8 Å². The second-order valence-corrected chi connectivity index (χ2v) is 5.23. The summed E-state index contributed by atoms with van der Waals surface area (Å²) < 4.78 is 18.6. The average molecular weight is 353 g/mol. The third-order valence-corrected chi connectivity index (χ3v) is 3.48. The molecule has 0 aliphatic heterocycles. The molecular weight excluding hydrogens is 339 g/mol. The molecule has 0 fully saturated rings. The van der Waals surface area contributed by atoms with Gasteiger partial charge in [-0.2, -0.15) is 0 Å². The number of aromatic nitrogens is 1. The Balaban J connectivity index is 1.94. The number of benzene rings is 1. The van der Waals surface area contributed by atoms with Crippen molar-refractivity contribution in [2.75, 3.05) is 7.11 Å². The summed E-state index contributed by atoms with van der Waals surface area (Å²) in [4.78, 5) is 16.0.